The summed E-state index contributed by atoms with van der Waals surface area (Å²) < 4.78 is 0.908. The van der Waals surface area contributed by atoms with Gasteiger partial charge >= 0.3 is 0 Å². The molecule has 1 aliphatic heterocycles. The predicted octanol–water partition coefficient (Wildman–Crippen LogP) is 2.15. The van der Waals surface area contributed by atoms with Crippen molar-refractivity contribution < 1.29 is 4.79 Å². The fourth-order valence-corrected chi connectivity index (χ4v) is 2.83. The Bertz CT molecular complexity index is 453. The summed E-state index contributed by atoms with van der Waals surface area (Å²) >= 11 is 3.49. The molecule has 98 valence electrons. The monoisotopic (exact) mass is 310 g/mol. The highest BCUT2D eigenvalue weighted by Gasteiger charge is 2.17. The van der Waals surface area contributed by atoms with Gasteiger partial charge in [0.25, 0.3) is 0 Å². The van der Waals surface area contributed by atoms with Crippen molar-refractivity contribution >= 4 is 21.7 Å². The highest BCUT2D eigenvalue weighted by atomic mass is 79.9. The lowest BCUT2D eigenvalue weighted by Crippen LogP contribution is -2.45. The molecule has 1 fully saturated rings. The zero-order chi connectivity index (χ0) is 13.1. The number of nitrogens with one attached hydrogen (secondary N) is 1. The van der Waals surface area contributed by atoms with Gasteiger partial charge in [0.2, 0.25) is 0 Å². The fourth-order valence-electron chi connectivity index (χ4n) is 2.15. The van der Waals surface area contributed by atoms with E-state index >= 15 is 0 Å². The van der Waals surface area contributed by atoms with E-state index in [-0.39, 0.29) is 5.78 Å². The number of halogens is 1. The Balaban J connectivity index is 2.10. The smallest absolute Gasteiger partial charge is 0.177 e. The maximum absolute atomic E-state index is 12.3. The van der Waals surface area contributed by atoms with Crippen molar-refractivity contribution in [3.05, 3.63) is 33.3 Å². The average molecular weight is 311 g/mol. The van der Waals surface area contributed by atoms with Crippen molar-refractivity contribution in [2.45, 2.75) is 13.8 Å². The second-order valence-electron chi connectivity index (χ2n) is 4.87. The number of piperazine rings is 1. The van der Waals surface area contributed by atoms with Gasteiger partial charge in [-0.1, -0.05) is 15.9 Å². The zero-order valence-corrected chi connectivity index (χ0v) is 12.5. The van der Waals surface area contributed by atoms with Crippen molar-refractivity contribution in [3.63, 3.8) is 0 Å². The van der Waals surface area contributed by atoms with Crippen LogP contribution in [0, 0.1) is 13.8 Å². The van der Waals surface area contributed by atoms with Gasteiger partial charge in [0, 0.05) is 36.2 Å². The van der Waals surface area contributed by atoms with E-state index < -0.39 is 0 Å². The Labute approximate surface area is 117 Å². The van der Waals surface area contributed by atoms with E-state index in [2.05, 4.69) is 33.1 Å². The van der Waals surface area contributed by atoms with E-state index in [0.29, 0.717) is 6.54 Å². The van der Waals surface area contributed by atoms with Crippen LogP contribution in [-0.4, -0.2) is 43.4 Å². The van der Waals surface area contributed by atoms with Crippen LogP contribution < -0.4 is 5.32 Å². The first-order valence-electron chi connectivity index (χ1n) is 6.31. The SMILES string of the molecule is Cc1cc(Br)c(C(=O)CN2CCNCC2)cc1C. The van der Waals surface area contributed by atoms with Gasteiger partial charge in [-0.15, -0.1) is 0 Å². The van der Waals surface area contributed by atoms with Gasteiger partial charge in [0.05, 0.1) is 6.54 Å². The van der Waals surface area contributed by atoms with Crippen LogP contribution >= 0.6 is 15.9 Å². The second-order valence-corrected chi connectivity index (χ2v) is 5.72. The number of nitrogens with zero attached hydrogens (tertiary/aromatic N) is 1. The molecule has 18 heavy (non-hydrogen) atoms. The van der Waals surface area contributed by atoms with E-state index in [1.165, 1.54) is 11.1 Å². The number of hydrogen-bond acceptors (Lipinski definition) is 3. The van der Waals surface area contributed by atoms with Crippen LogP contribution in [-0.2, 0) is 0 Å². The number of carbonyl (C=O) groups is 1. The quantitative estimate of drug-likeness (QED) is 0.868. The molecule has 0 spiro atoms. The Morgan fingerprint density at radius 1 is 1.28 bits per heavy atom. The van der Waals surface area contributed by atoms with Crippen molar-refractivity contribution in [1.82, 2.24) is 10.2 Å². The number of rotatable bonds is 3. The number of Topliss-reactive ketones (excluding diaryl/α,β-unsaturated/α-hetero) is 1. The number of carbonyl (C=O) groups excluding carboxylic acids is 1. The molecule has 4 heteroatoms. The Hall–Kier alpha value is -0.710. The molecule has 1 saturated heterocycles. The van der Waals surface area contributed by atoms with Gasteiger partial charge < -0.3 is 5.32 Å². The molecule has 0 unspecified atom stereocenters. The summed E-state index contributed by atoms with van der Waals surface area (Å²) in [7, 11) is 0. The highest BCUT2D eigenvalue weighted by molar-refractivity contribution is 9.10. The third kappa shape index (κ3) is 3.19. The Morgan fingerprint density at radius 3 is 2.56 bits per heavy atom. The minimum atomic E-state index is 0.201. The first kappa shape index (κ1) is 13.7. The molecule has 0 aliphatic carbocycles. The second kappa shape index (κ2) is 5.95. The number of aryl methyl sites for hydroxylation is 2. The number of benzene rings is 1. The summed E-state index contributed by atoms with van der Waals surface area (Å²) in [6, 6.07) is 4.02. The number of hydrogen-bond donors (Lipinski definition) is 1. The zero-order valence-electron chi connectivity index (χ0n) is 10.9. The molecule has 0 radical (unpaired) electrons. The predicted molar refractivity (Wildman–Crippen MR) is 77.3 cm³/mol. The summed E-state index contributed by atoms with van der Waals surface area (Å²) in [5.74, 6) is 0.201. The molecule has 0 aromatic heterocycles. The first-order valence-corrected chi connectivity index (χ1v) is 7.10. The van der Waals surface area contributed by atoms with Gasteiger partial charge in [-0.2, -0.15) is 0 Å². The minimum absolute atomic E-state index is 0.201. The lowest BCUT2D eigenvalue weighted by Gasteiger charge is -2.26. The summed E-state index contributed by atoms with van der Waals surface area (Å²) in [6.45, 7) is 8.47. The molecule has 3 nitrogen and oxygen atoms in total. The van der Waals surface area contributed by atoms with Gasteiger partial charge in [-0.3, -0.25) is 9.69 Å². The summed E-state index contributed by atoms with van der Waals surface area (Å²) in [5.41, 5.74) is 3.18. The van der Waals surface area contributed by atoms with Gasteiger partial charge in [0.15, 0.2) is 5.78 Å². The molecule has 2 rings (SSSR count). The fraction of sp³-hybridized carbons (Fsp3) is 0.500. The summed E-state index contributed by atoms with van der Waals surface area (Å²) in [4.78, 5) is 14.5. The maximum Gasteiger partial charge on any atom is 0.177 e. The number of ketones is 1. The molecule has 0 saturated carbocycles. The first-order chi connectivity index (χ1) is 8.58. The summed E-state index contributed by atoms with van der Waals surface area (Å²) in [5, 5.41) is 3.29. The molecule has 0 bridgehead atoms. The van der Waals surface area contributed by atoms with Crippen molar-refractivity contribution in [2.75, 3.05) is 32.7 Å². The molecule has 0 atom stereocenters. The van der Waals surface area contributed by atoms with E-state index in [4.69, 9.17) is 0 Å². The third-order valence-corrected chi connectivity index (χ3v) is 4.12. The van der Waals surface area contributed by atoms with Crippen LogP contribution in [0.1, 0.15) is 21.5 Å². The van der Waals surface area contributed by atoms with Crippen molar-refractivity contribution in [2.24, 2.45) is 0 Å². The lowest BCUT2D eigenvalue weighted by atomic mass is 10.0. The highest BCUT2D eigenvalue weighted by Crippen LogP contribution is 2.22. The van der Waals surface area contributed by atoms with Crippen molar-refractivity contribution in [3.8, 4) is 0 Å². The van der Waals surface area contributed by atoms with E-state index in [9.17, 15) is 4.79 Å². The van der Waals surface area contributed by atoms with E-state index in [1.807, 2.05) is 19.1 Å². The normalized spacial score (nSPS) is 16.8. The molecule has 1 N–H and O–H groups in total. The molecule has 1 aromatic carbocycles. The van der Waals surface area contributed by atoms with Crippen LogP contribution in [0.25, 0.3) is 0 Å². The van der Waals surface area contributed by atoms with E-state index in [0.717, 1.165) is 36.2 Å². The lowest BCUT2D eigenvalue weighted by molar-refractivity contribution is 0.0920. The van der Waals surface area contributed by atoms with Gasteiger partial charge in [-0.25, -0.2) is 0 Å². The molecule has 1 aliphatic rings. The molecule has 1 heterocycles. The van der Waals surface area contributed by atoms with E-state index in [1.54, 1.807) is 0 Å². The van der Waals surface area contributed by atoms with Crippen molar-refractivity contribution in [1.29, 1.82) is 0 Å². The third-order valence-electron chi connectivity index (χ3n) is 3.46. The standard InChI is InChI=1S/C14H19BrN2O/c1-10-7-12(13(15)8-11(10)2)14(18)9-17-5-3-16-4-6-17/h7-8,16H,3-6,9H2,1-2H3. The van der Waals surface area contributed by atoms with Crippen LogP contribution in [0.5, 0.6) is 0 Å². The van der Waals surface area contributed by atoms with Crippen LogP contribution in [0.2, 0.25) is 0 Å². The van der Waals surface area contributed by atoms with Gasteiger partial charge in [0.1, 0.15) is 0 Å². The minimum Gasteiger partial charge on any atom is -0.314 e. The van der Waals surface area contributed by atoms with Gasteiger partial charge in [-0.05, 0) is 37.1 Å². The Morgan fingerprint density at radius 2 is 1.89 bits per heavy atom. The Kier molecular flexibility index (Phi) is 4.54. The van der Waals surface area contributed by atoms with Crippen LogP contribution in [0.15, 0.2) is 16.6 Å². The molecular formula is C14H19BrN2O. The molecule has 1 aromatic rings. The van der Waals surface area contributed by atoms with Crippen LogP contribution in [0.3, 0.4) is 0 Å². The molecule has 0 amide bonds. The largest absolute Gasteiger partial charge is 0.314 e. The topological polar surface area (TPSA) is 32.3 Å². The molecular weight excluding hydrogens is 292 g/mol. The average Bonchev–Trinajstić information content (AvgIpc) is 2.35. The van der Waals surface area contributed by atoms with Crippen LogP contribution in [0.4, 0.5) is 0 Å². The summed E-state index contributed by atoms with van der Waals surface area (Å²) in [6.07, 6.45) is 0. The maximum atomic E-state index is 12.3.